The van der Waals surface area contributed by atoms with E-state index >= 15 is 0 Å². The topological polar surface area (TPSA) is 57.3 Å². The molecule has 0 aromatic carbocycles. The number of hydrogen-bond acceptors (Lipinski definition) is 4. The van der Waals surface area contributed by atoms with Crippen LogP contribution in [0.4, 0.5) is 11.5 Å². The highest BCUT2D eigenvalue weighted by Gasteiger charge is 2.17. The first kappa shape index (κ1) is 13.8. The minimum atomic E-state index is 0.0590. The molecular weight excluding hydrogens is 240 g/mol. The maximum Gasteiger partial charge on any atom is 0.224 e. The van der Waals surface area contributed by atoms with Crippen LogP contribution in [0.1, 0.15) is 25.7 Å². The monoisotopic (exact) mass is 262 g/mol. The Morgan fingerprint density at radius 1 is 1.42 bits per heavy atom. The van der Waals surface area contributed by atoms with Crippen molar-refractivity contribution in [3.05, 3.63) is 18.3 Å². The smallest absolute Gasteiger partial charge is 0.224 e. The lowest BCUT2D eigenvalue weighted by Gasteiger charge is -2.19. The second-order valence-electron chi connectivity index (χ2n) is 4.82. The third-order valence-corrected chi connectivity index (χ3v) is 3.30. The number of hydrogen-bond donors (Lipinski definition) is 2. The van der Waals surface area contributed by atoms with E-state index in [1.807, 2.05) is 19.2 Å². The fraction of sp³-hybridized carbons (Fsp3) is 0.571. The van der Waals surface area contributed by atoms with Crippen LogP contribution in [0.2, 0.25) is 0 Å². The molecule has 0 atom stereocenters. The van der Waals surface area contributed by atoms with Gasteiger partial charge in [0.15, 0.2) is 5.82 Å². The third kappa shape index (κ3) is 3.92. The molecule has 1 aliphatic heterocycles. The molecular formula is C14H22N4O. The van der Waals surface area contributed by atoms with Crippen molar-refractivity contribution in [2.24, 2.45) is 0 Å². The fourth-order valence-electron chi connectivity index (χ4n) is 2.31. The first-order chi connectivity index (χ1) is 9.31. The molecule has 0 radical (unpaired) electrons. The molecule has 1 aliphatic rings. The summed E-state index contributed by atoms with van der Waals surface area (Å²) in [5.41, 5.74) is 0.832. The van der Waals surface area contributed by atoms with Crippen molar-refractivity contribution >= 4 is 17.4 Å². The van der Waals surface area contributed by atoms with Crippen molar-refractivity contribution in [3.63, 3.8) is 0 Å². The molecule has 1 aromatic rings. The third-order valence-electron chi connectivity index (χ3n) is 3.30. The summed E-state index contributed by atoms with van der Waals surface area (Å²) in [6.07, 6.45) is 5.57. The first-order valence-corrected chi connectivity index (χ1v) is 6.95. The number of carbonyl (C=O) groups excluding carboxylic acids is 1. The van der Waals surface area contributed by atoms with Crippen molar-refractivity contribution < 1.29 is 4.79 Å². The average molecular weight is 262 g/mol. The van der Waals surface area contributed by atoms with E-state index in [0.29, 0.717) is 6.42 Å². The van der Waals surface area contributed by atoms with E-state index in [4.69, 9.17) is 0 Å². The maximum absolute atomic E-state index is 11.9. The van der Waals surface area contributed by atoms with E-state index in [-0.39, 0.29) is 5.91 Å². The molecule has 0 bridgehead atoms. The fourth-order valence-corrected chi connectivity index (χ4v) is 2.31. The largest absolute Gasteiger partial charge is 0.355 e. The van der Waals surface area contributed by atoms with Crippen molar-refractivity contribution in [2.45, 2.75) is 25.7 Å². The predicted octanol–water partition coefficient (Wildman–Crippen LogP) is 1.62. The van der Waals surface area contributed by atoms with Crippen LogP contribution >= 0.6 is 0 Å². The highest BCUT2D eigenvalue weighted by atomic mass is 16.1. The lowest BCUT2D eigenvalue weighted by atomic mass is 10.2. The van der Waals surface area contributed by atoms with Crippen molar-refractivity contribution in [3.8, 4) is 0 Å². The van der Waals surface area contributed by atoms with Gasteiger partial charge in [0.2, 0.25) is 5.91 Å². The minimum absolute atomic E-state index is 0.0590. The zero-order chi connectivity index (χ0) is 13.5. The SMILES string of the molecule is CNCCCC(=O)Nc1cccnc1N1CCCC1. The van der Waals surface area contributed by atoms with Gasteiger partial charge in [0, 0.05) is 25.7 Å². The van der Waals surface area contributed by atoms with Gasteiger partial charge in [-0.1, -0.05) is 0 Å². The van der Waals surface area contributed by atoms with Crippen LogP contribution in [0.15, 0.2) is 18.3 Å². The number of pyridine rings is 1. The second-order valence-corrected chi connectivity index (χ2v) is 4.82. The van der Waals surface area contributed by atoms with Crippen LogP contribution in [0.25, 0.3) is 0 Å². The number of amides is 1. The normalized spacial score (nSPS) is 14.7. The highest BCUT2D eigenvalue weighted by Crippen LogP contribution is 2.26. The van der Waals surface area contributed by atoms with Crippen LogP contribution in [0, 0.1) is 0 Å². The summed E-state index contributed by atoms with van der Waals surface area (Å²) in [5.74, 6) is 0.964. The van der Waals surface area contributed by atoms with Crippen LogP contribution < -0.4 is 15.5 Å². The Hall–Kier alpha value is -1.62. The molecule has 0 unspecified atom stereocenters. The quantitative estimate of drug-likeness (QED) is 0.765. The molecule has 104 valence electrons. The van der Waals surface area contributed by atoms with Crippen LogP contribution in [0.5, 0.6) is 0 Å². The molecule has 5 heteroatoms. The zero-order valence-corrected chi connectivity index (χ0v) is 11.5. The van der Waals surface area contributed by atoms with Gasteiger partial charge < -0.3 is 15.5 Å². The Morgan fingerprint density at radius 2 is 2.21 bits per heavy atom. The van der Waals surface area contributed by atoms with Crippen LogP contribution in [-0.4, -0.2) is 37.6 Å². The molecule has 1 aromatic heterocycles. The van der Waals surface area contributed by atoms with Gasteiger partial charge in [-0.05, 0) is 45.0 Å². The first-order valence-electron chi connectivity index (χ1n) is 6.95. The number of carbonyl (C=O) groups is 1. The van der Waals surface area contributed by atoms with Gasteiger partial charge in [-0.2, -0.15) is 0 Å². The van der Waals surface area contributed by atoms with Gasteiger partial charge in [0.1, 0.15) is 0 Å². The predicted molar refractivity (Wildman–Crippen MR) is 77.5 cm³/mol. The number of nitrogens with one attached hydrogen (secondary N) is 2. The van der Waals surface area contributed by atoms with Crippen molar-refractivity contribution in [1.29, 1.82) is 0 Å². The second kappa shape index (κ2) is 7.09. The molecule has 0 aliphatic carbocycles. The average Bonchev–Trinajstić information content (AvgIpc) is 2.93. The molecule has 0 saturated carbocycles. The number of rotatable bonds is 6. The van der Waals surface area contributed by atoms with Gasteiger partial charge in [-0.25, -0.2) is 4.98 Å². The van der Waals surface area contributed by atoms with E-state index in [2.05, 4.69) is 20.5 Å². The Bertz CT molecular complexity index is 416. The Balaban J connectivity index is 1.97. The molecule has 1 saturated heterocycles. The number of anilines is 2. The minimum Gasteiger partial charge on any atom is -0.355 e. The van der Waals surface area contributed by atoms with Gasteiger partial charge in [-0.3, -0.25) is 4.79 Å². The standard InChI is InChI=1S/C14H22N4O/c1-15-8-5-7-13(19)17-12-6-4-9-16-14(12)18-10-2-3-11-18/h4,6,9,15H,2-3,5,7-8,10-11H2,1H3,(H,17,19). The number of nitrogens with zero attached hydrogens (tertiary/aromatic N) is 2. The van der Waals surface area contributed by atoms with E-state index in [1.165, 1.54) is 12.8 Å². The van der Waals surface area contributed by atoms with Gasteiger partial charge >= 0.3 is 0 Å². The molecule has 2 rings (SSSR count). The van der Waals surface area contributed by atoms with Crippen molar-refractivity contribution in [1.82, 2.24) is 10.3 Å². The molecule has 19 heavy (non-hydrogen) atoms. The van der Waals surface area contributed by atoms with Crippen LogP contribution in [-0.2, 0) is 4.79 Å². The molecule has 1 amide bonds. The molecule has 2 heterocycles. The summed E-state index contributed by atoms with van der Waals surface area (Å²) in [7, 11) is 1.89. The summed E-state index contributed by atoms with van der Waals surface area (Å²) in [5, 5.41) is 6.02. The summed E-state index contributed by atoms with van der Waals surface area (Å²) in [6.45, 7) is 2.92. The molecule has 0 spiro atoms. The van der Waals surface area contributed by atoms with E-state index < -0.39 is 0 Å². The summed E-state index contributed by atoms with van der Waals surface area (Å²) < 4.78 is 0. The Kier molecular flexibility index (Phi) is 5.15. The Morgan fingerprint density at radius 3 is 2.95 bits per heavy atom. The Labute approximate surface area is 114 Å². The van der Waals surface area contributed by atoms with Gasteiger partial charge in [0.25, 0.3) is 0 Å². The number of aromatic nitrogens is 1. The summed E-state index contributed by atoms with van der Waals surface area (Å²) >= 11 is 0. The van der Waals surface area contributed by atoms with Crippen LogP contribution in [0.3, 0.4) is 0 Å². The highest BCUT2D eigenvalue weighted by molar-refractivity contribution is 5.93. The lowest BCUT2D eigenvalue weighted by Crippen LogP contribution is -2.22. The van der Waals surface area contributed by atoms with Crippen molar-refractivity contribution in [2.75, 3.05) is 36.9 Å². The zero-order valence-electron chi connectivity index (χ0n) is 11.5. The van der Waals surface area contributed by atoms with Gasteiger partial charge in [-0.15, -0.1) is 0 Å². The summed E-state index contributed by atoms with van der Waals surface area (Å²) in [6, 6.07) is 3.79. The van der Waals surface area contributed by atoms with E-state index in [1.54, 1.807) is 6.20 Å². The lowest BCUT2D eigenvalue weighted by molar-refractivity contribution is -0.116. The van der Waals surface area contributed by atoms with Gasteiger partial charge in [0.05, 0.1) is 5.69 Å². The van der Waals surface area contributed by atoms with E-state index in [9.17, 15) is 4.79 Å². The maximum atomic E-state index is 11.9. The molecule has 5 nitrogen and oxygen atoms in total. The molecule has 2 N–H and O–H groups in total. The molecule has 1 fully saturated rings. The summed E-state index contributed by atoms with van der Waals surface area (Å²) in [4.78, 5) is 18.5. The van der Waals surface area contributed by atoms with E-state index in [0.717, 1.165) is 37.6 Å².